The molecule has 5 heteroatoms. The lowest BCUT2D eigenvalue weighted by Gasteiger charge is -2.24. The Labute approximate surface area is 107 Å². The maximum absolute atomic E-state index is 12.1. The predicted molar refractivity (Wildman–Crippen MR) is 70.8 cm³/mol. The van der Waals surface area contributed by atoms with Gasteiger partial charge in [0.25, 0.3) is 5.91 Å². The van der Waals surface area contributed by atoms with E-state index < -0.39 is 0 Å². The van der Waals surface area contributed by atoms with Gasteiger partial charge in [-0.2, -0.15) is 0 Å². The molecule has 0 aliphatic rings. The van der Waals surface area contributed by atoms with Crippen molar-refractivity contribution in [3.8, 4) is 0 Å². The highest BCUT2D eigenvalue weighted by molar-refractivity contribution is 5.94. The number of nitrogens with two attached hydrogens (primary N) is 1. The Hall–Kier alpha value is -2.04. The number of amides is 1. The highest BCUT2D eigenvalue weighted by atomic mass is 16.4. The average molecular weight is 249 g/mol. The van der Waals surface area contributed by atoms with Crippen molar-refractivity contribution in [2.45, 2.75) is 26.3 Å². The first-order chi connectivity index (χ1) is 8.45. The molecule has 5 nitrogen and oxygen atoms in total. The van der Waals surface area contributed by atoms with E-state index in [2.05, 4.69) is 5.16 Å². The van der Waals surface area contributed by atoms with Crippen LogP contribution in [0.4, 0.5) is 0 Å². The number of benzene rings is 1. The summed E-state index contributed by atoms with van der Waals surface area (Å²) in [4.78, 5) is 13.7. The molecule has 0 aromatic heterocycles. The van der Waals surface area contributed by atoms with Crippen molar-refractivity contribution in [3.05, 3.63) is 35.4 Å². The molecule has 0 heterocycles. The van der Waals surface area contributed by atoms with Crippen molar-refractivity contribution in [1.82, 2.24) is 4.90 Å². The van der Waals surface area contributed by atoms with Crippen LogP contribution in [0.5, 0.6) is 0 Å². The second kappa shape index (κ2) is 6.05. The molecule has 0 spiro atoms. The molecular formula is C13H19N3O2. The standard InChI is InChI=1S/C13H19N3O2/c1-9-4-6-11(7-5-9)13(17)16(3)10(2)8-12(14)15-18/h4-7,10,18H,8H2,1-3H3,(H2,14,15). The van der Waals surface area contributed by atoms with Crippen LogP contribution in [0.2, 0.25) is 0 Å². The molecule has 1 amide bonds. The van der Waals surface area contributed by atoms with E-state index in [4.69, 9.17) is 10.9 Å². The lowest BCUT2D eigenvalue weighted by molar-refractivity contribution is 0.0747. The maximum Gasteiger partial charge on any atom is 0.253 e. The largest absolute Gasteiger partial charge is 0.409 e. The molecule has 0 bridgehead atoms. The third-order valence-corrected chi connectivity index (χ3v) is 2.91. The third kappa shape index (κ3) is 3.48. The van der Waals surface area contributed by atoms with E-state index in [1.807, 2.05) is 26.0 Å². The molecule has 1 rings (SSSR count). The van der Waals surface area contributed by atoms with Gasteiger partial charge in [-0.25, -0.2) is 0 Å². The number of hydrogen-bond donors (Lipinski definition) is 2. The second-order valence-electron chi connectivity index (χ2n) is 4.43. The monoisotopic (exact) mass is 249 g/mol. The first-order valence-corrected chi connectivity index (χ1v) is 5.76. The molecule has 98 valence electrons. The minimum absolute atomic E-state index is 0.0757. The van der Waals surface area contributed by atoms with Gasteiger partial charge >= 0.3 is 0 Å². The Morgan fingerprint density at radius 2 is 2.00 bits per heavy atom. The third-order valence-electron chi connectivity index (χ3n) is 2.91. The second-order valence-corrected chi connectivity index (χ2v) is 4.43. The minimum Gasteiger partial charge on any atom is -0.409 e. The van der Waals surface area contributed by atoms with Crippen molar-refractivity contribution < 1.29 is 10.0 Å². The molecule has 18 heavy (non-hydrogen) atoms. The number of hydrogen-bond acceptors (Lipinski definition) is 3. The van der Waals surface area contributed by atoms with Gasteiger partial charge in [0.15, 0.2) is 0 Å². The van der Waals surface area contributed by atoms with Crippen LogP contribution < -0.4 is 5.73 Å². The van der Waals surface area contributed by atoms with Gasteiger partial charge < -0.3 is 15.8 Å². The first kappa shape index (κ1) is 14.0. The number of oxime groups is 1. The fourth-order valence-corrected chi connectivity index (χ4v) is 1.58. The highest BCUT2D eigenvalue weighted by Crippen LogP contribution is 2.10. The molecule has 0 fully saturated rings. The van der Waals surface area contributed by atoms with Crippen LogP contribution in [0.1, 0.15) is 29.3 Å². The molecule has 0 aliphatic carbocycles. The van der Waals surface area contributed by atoms with E-state index >= 15 is 0 Å². The molecule has 1 atom stereocenters. The summed E-state index contributed by atoms with van der Waals surface area (Å²) in [6.45, 7) is 3.82. The number of carbonyl (C=O) groups excluding carboxylic acids is 1. The molecule has 0 saturated heterocycles. The van der Waals surface area contributed by atoms with Crippen molar-refractivity contribution in [3.63, 3.8) is 0 Å². The SMILES string of the molecule is Cc1ccc(C(=O)N(C)C(C)CC(N)=NO)cc1. The van der Waals surface area contributed by atoms with Gasteiger partial charge in [0.1, 0.15) is 5.84 Å². The molecule has 1 aromatic carbocycles. The summed E-state index contributed by atoms with van der Waals surface area (Å²) in [5, 5.41) is 11.4. The number of aryl methyl sites for hydroxylation is 1. The van der Waals surface area contributed by atoms with Gasteiger partial charge in [0.05, 0.1) is 0 Å². The fraction of sp³-hybridized carbons (Fsp3) is 0.385. The summed E-state index contributed by atoms with van der Waals surface area (Å²) >= 11 is 0. The van der Waals surface area contributed by atoms with Gasteiger partial charge in [-0.1, -0.05) is 22.9 Å². The van der Waals surface area contributed by atoms with Gasteiger partial charge in [0.2, 0.25) is 0 Å². The molecule has 0 saturated carbocycles. The summed E-state index contributed by atoms with van der Waals surface area (Å²) in [6, 6.07) is 7.26. The van der Waals surface area contributed by atoms with Gasteiger partial charge in [-0.05, 0) is 26.0 Å². The normalized spacial score (nSPS) is 13.2. The van der Waals surface area contributed by atoms with Gasteiger partial charge in [-0.3, -0.25) is 4.79 Å². The van der Waals surface area contributed by atoms with Crippen LogP contribution >= 0.6 is 0 Å². The Bertz CT molecular complexity index is 440. The van der Waals surface area contributed by atoms with Crippen LogP contribution in [-0.2, 0) is 0 Å². The van der Waals surface area contributed by atoms with Crippen molar-refractivity contribution >= 4 is 11.7 Å². The van der Waals surface area contributed by atoms with E-state index in [1.54, 1.807) is 24.1 Å². The fourth-order valence-electron chi connectivity index (χ4n) is 1.58. The summed E-state index contributed by atoms with van der Waals surface area (Å²) in [7, 11) is 1.71. The Morgan fingerprint density at radius 3 is 2.50 bits per heavy atom. The van der Waals surface area contributed by atoms with E-state index in [0.29, 0.717) is 12.0 Å². The van der Waals surface area contributed by atoms with Crippen molar-refractivity contribution in [2.75, 3.05) is 7.05 Å². The summed E-state index contributed by atoms with van der Waals surface area (Å²) in [5.41, 5.74) is 7.18. The molecule has 0 radical (unpaired) electrons. The smallest absolute Gasteiger partial charge is 0.253 e. The van der Waals surface area contributed by atoms with Crippen LogP contribution in [-0.4, -0.2) is 34.9 Å². The lowest BCUT2D eigenvalue weighted by Crippen LogP contribution is -2.37. The summed E-state index contributed by atoms with van der Waals surface area (Å²) < 4.78 is 0. The zero-order chi connectivity index (χ0) is 13.7. The Balaban J connectivity index is 2.74. The lowest BCUT2D eigenvalue weighted by atomic mass is 10.1. The predicted octanol–water partition coefficient (Wildman–Crippen LogP) is 1.59. The van der Waals surface area contributed by atoms with Crippen LogP contribution in [0.3, 0.4) is 0 Å². The summed E-state index contributed by atoms with van der Waals surface area (Å²) in [5.74, 6) is 0.0410. The molecule has 1 aromatic rings. The zero-order valence-corrected chi connectivity index (χ0v) is 10.9. The molecule has 0 aliphatic heterocycles. The van der Waals surface area contributed by atoms with Crippen LogP contribution in [0.15, 0.2) is 29.4 Å². The van der Waals surface area contributed by atoms with Gasteiger partial charge in [-0.15, -0.1) is 0 Å². The quantitative estimate of drug-likeness (QED) is 0.368. The van der Waals surface area contributed by atoms with Crippen LogP contribution in [0.25, 0.3) is 0 Å². The topological polar surface area (TPSA) is 78.9 Å². The first-order valence-electron chi connectivity index (χ1n) is 5.76. The molecule has 3 N–H and O–H groups in total. The van der Waals surface area contributed by atoms with E-state index in [9.17, 15) is 4.79 Å². The highest BCUT2D eigenvalue weighted by Gasteiger charge is 2.18. The van der Waals surface area contributed by atoms with Crippen LogP contribution in [0, 0.1) is 6.92 Å². The zero-order valence-electron chi connectivity index (χ0n) is 10.9. The number of carbonyl (C=O) groups is 1. The minimum atomic E-state index is -0.130. The Morgan fingerprint density at radius 1 is 1.44 bits per heavy atom. The van der Waals surface area contributed by atoms with Crippen molar-refractivity contribution in [2.24, 2.45) is 10.9 Å². The van der Waals surface area contributed by atoms with Gasteiger partial charge in [0, 0.05) is 25.1 Å². The number of amidine groups is 1. The average Bonchev–Trinajstić information content (AvgIpc) is 2.37. The van der Waals surface area contributed by atoms with E-state index in [-0.39, 0.29) is 17.8 Å². The van der Waals surface area contributed by atoms with Crippen molar-refractivity contribution in [1.29, 1.82) is 0 Å². The maximum atomic E-state index is 12.1. The molecule has 1 unspecified atom stereocenters. The molecular weight excluding hydrogens is 230 g/mol. The van der Waals surface area contributed by atoms with E-state index in [0.717, 1.165) is 5.56 Å². The summed E-state index contributed by atoms with van der Waals surface area (Å²) in [6.07, 6.45) is 0.338. The number of rotatable bonds is 4. The Kier molecular flexibility index (Phi) is 4.71. The number of nitrogens with zero attached hydrogens (tertiary/aromatic N) is 2. The van der Waals surface area contributed by atoms with E-state index in [1.165, 1.54) is 0 Å².